The number of aromatic amines is 1. The van der Waals surface area contributed by atoms with Crippen molar-refractivity contribution in [1.29, 1.82) is 0 Å². The molecule has 0 unspecified atom stereocenters. The van der Waals surface area contributed by atoms with Gasteiger partial charge in [-0.2, -0.15) is 0 Å². The molecule has 0 saturated heterocycles. The average Bonchev–Trinajstić information content (AvgIpc) is 2.51. The van der Waals surface area contributed by atoms with Crippen LogP contribution in [-0.2, 0) is 6.54 Å². The summed E-state index contributed by atoms with van der Waals surface area (Å²) < 4.78 is 0. The molecule has 0 atom stereocenters. The van der Waals surface area contributed by atoms with E-state index in [0.717, 1.165) is 22.2 Å². The summed E-state index contributed by atoms with van der Waals surface area (Å²) in [5.74, 6) is 0. The molecule has 4 heteroatoms. The fourth-order valence-electron chi connectivity index (χ4n) is 2.50. The molecular weight excluding hydrogens is 296 g/mol. The molecule has 22 heavy (non-hydrogen) atoms. The van der Waals surface area contributed by atoms with Gasteiger partial charge in [0, 0.05) is 12.1 Å². The number of para-hydroxylation sites is 1. The molecule has 0 saturated carbocycles. The number of hydrogen-bond donors (Lipinski definition) is 2. The second-order valence-corrected chi connectivity index (χ2v) is 5.84. The highest BCUT2D eigenvalue weighted by Gasteiger charge is 2.07. The van der Waals surface area contributed by atoms with Gasteiger partial charge in [-0.15, -0.1) is 0 Å². The van der Waals surface area contributed by atoms with Crippen LogP contribution in [0.1, 0.15) is 16.7 Å². The number of rotatable bonds is 3. The van der Waals surface area contributed by atoms with Crippen LogP contribution in [0.5, 0.6) is 0 Å². The molecule has 3 nitrogen and oxygen atoms in total. The van der Waals surface area contributed by atoms with Crippen molar-refractivity contribution in [3.63, 3.8) is 0 Å². The highest BCUT2D eigenvalue weighted by atomic mass is 35.5. The number of H-pyrrole nitrogens is 1. The Morgan fingerprint density at radius 3 is 2.68 bits per heavy atom. The number of hydrogen-bond acceptors (Lipinski definition) is 2. The number of halogens is 1. The molecule has 112 valence electrons. The van der Waals surface area contributed by atoms with Crippen molar-refractivity contribution < 1.29 is 0 Å². The summed E-state index contributed by atoms with van der Waals surface area (Å²) in [4.78, 5) is 15.3. The van der Waals surface area contributed by atoms with Gasteiger partial charge in [0.2, 0.25) is 0 Å². The van der Waals surface area contributed by atoms with Crippen molar-refractivity contribution in [1.82, 2.24) is 4.98 Å². The van der Waals surface area contributed by atoms with Gasteiger partial charge in [0.1, 0.15) is 0 Å². The second-order valence-electron chi connectivity index (χ2n) is 5.43. The molecule has 3 rings (SSSR count). The molecular formula is C18H17ClN2O. The molecule has 0 fully saturated rings. The van der Waals surface area contributed by atoms with Gasteiger partial charge in [0.05, 0.1) is 16.2 Å². The lowest BCUT2D eigenvalue weighted by atomic mass is 10.0. The fourth-order valence-corrected chi connectivity index (χ4v) is 2.70. The Hall–Kier alpha value is -2.26. The first-order chi connectivity index (χ1) is 10.6. The molecule has 0 aliphatic rings. The van der Waals surface area contributed by atoms with Gasteiger partial charge >= 0.3 is 0 Å². The minimum atomic E-state index is -0.0687. The largest absolute Gasteiger partial charge is 0.380 e. The number of nitrogens with one attached hydrogen (secondary N) is 2. The van der Waals surface area contributed by atoms with Crippen LogP contribution in [0.3, 0.4) is 0 Å². The van der Waals surface area contributed by atoms with Crippen LogP contribution < -0.4 is 10.9 Å². The second kappa shape index (κ2) is 5.85. The fraction of sp³-hybridized carbons (Fsp3) is 0.167. The maximum atomic E-state index is 12.3. The highest BCUT2D eigenvalue weighted by Crippen LogP contribution is 2.22. The van der Waals surface area contributed by atoms with Crippen LogP contribution in [0.25, 0.3) is 10.9 Å². The normalized spacial score (nSPS) is 10.9. The number of aryl methyl sites for hydroxylation is 2. The van der Waals surface area contributed by atoms with Gasteiger partial charge in [-0.3, -0.25) is 4.79 Å². The minimum absolute atomic E-state index is 0.0687. The topological polar surface area (TPSA) is 44.9 Å². The van der Waals surface area contributed by atoms with E-state index in [1.165, 1.54) is 5.56 Å². The summed E-state index contributed by atoms with van der Waals surface area (Å²) in [6, 6.07) is 13.5. The minimum Gasteiger partial charge on any atom is -0.380 e. The number of pyridine rings is 1. The smallest absolute Gasteiger partial charge is 0.253 e. The Bertz CT molecular complexity index is 899. The molecule has 0 radical (unpaired) electrons. The maximum Gasteiger partial charge on any atom is 0.253 e. The maximum absolute atomic E-state index is 12.3. The highest BCUT2D eigenvalue weighted by molar-refractivity contribution is 6.33. The molecule has 1 aromatic heterocycles. The van der Waals surface area contributed by atoms with E-state index in [1.54, 1.807) is 0 Å². The van der Waals surface area contributed by atoms with E-state index in [9.17, 15) is 4.79 Å². The van der Waals surface area contributed by atoms with E-state index in [-0.39, 0.29) is 5.56 Å². The van der Waals surface area contributed by atoms with Gasteiger partial charge in [-0.05, 0) is 48.6 Å². The Labute approximate surface area is 133 Å². The van der Waals surface area contributed by atoms with Crippen molar-refractivity contribution in [2.45, 2.75) is 20.4 Å². The van der Waals surface area contributed by atoms with E-state index >= 15 is 0 Å². The summed E-state index contributed by atoms with van der Waals surface area (Å²) in [5.41, 5.74) is 4.64. The molecule has 3 aromatic rings. The Kier molecular flexibility index (Phi) is 3.90. The molecule has 0 aliphatic carbocycles. The predicted octanol–water partition coefficient (Wildman–Crippen LogP) is 4.41. The lowest BCUT2D eigenvalue weighted by molar-refractivity contribution is 1.09. The number of fused-ring (bicyclic) bond motifs is 1. The third-order valence-electron chi connectivity index (χ3n) is 3.97. The molecule has 0 bridgehead atoms. The third-order valence-corrected chi connectivity index (χ3v) is 4.30. The van der Waals surface area contributed by atoms with Crippen LogP contribution in [0.4, 0.5) is 5.69 Å². The van der Waals surface area contributed by atoms with Gasteiger partial charge in [0.15, 0.2) is 0 Å². The standard InChI is InChI=1S/C18H17ClN2O/c1-11-7-8-13-9-14(18(22)21-17(13)12(11)2)10-20-16-6-4-3-5-15(16)19/h3-9,20H,10H2,1-2H3,(H,21,22). The van der Waals surface area contributed by atoms with Crippen molar-refractivity contribution in [3.8, 4) is 0 Å². The quantitative estimate of drug-likeness (QED) is 0.752. The zero-order valence-corrected chi connectivity index (χ0v) is 13.3. The molecule has 0 spiro atoms. The van der Waals surface area contributed by atoms with Crippen molar-refractivity contribution in [2.75, 3.05) is 5.32 Å². The summed E-state index contributed by atoms with van der Waals surface area (Å²) in [6.07, 6.45) is 0. The predicted molar refractivity (Wildman–Crippen MR) is 92.8 cm³/mol. The first kappa shape index (κ1) is 14.7. The molecule has 0 amide bonds. The Morgan fingerprint density at radius 2 is 1.91 bits per heavy atom. The SMILES string of the molecule is Cc1ccc2cc(CNc3ccccc3Cl)c(=O)[nH]c2c1C. The average molecular weight is 313 g/mol. The van der Waals surface area contributed by atoms with Crippen molar-refractivity contribution >= 4 is 28.2 Å². The first-order valence-electron chi connectivity index (χ1n) is 7.17. The molecule has 0 aliphatic heterocycles. The number of aromatic nitrogens is 1. The lowest BCUT2D eigenvalue weighted by Gasteiger charge is -2.10. The monoisotopic (exact) mass is 312 g/mol. The summed E-state index contributed by atoms with van der Waals surface area (Å²) in [5, 5.41) is 4.89. The van der Waals surface area contributed by atoms with E-state index in [0.29, 0.717) is 17.1 Å². The third kappa shape index (κ3) is 2.72. The number of benzene rings is 2. The van der Waals surface area contributed by atoms with Crippen LogP contribution in [0.15, 0.2) is 47.3 Å². The summed E-state index contributed by atoms with van der Waals surface area (Å²) in [6.45, 7) is 4.50. The van der Waals surface area contributed by atoms with E-state index < -0.39 is 0 Å². The molecule has 2 aromatic carbocycles. The first-order valence-corrected chi connectivity index (χ1v) is 7.54. The Balaban J connectivity index is 1.95. The van der Waals surface area contributed by atoms with E-state index in [4.69, 9.17) is 11.6 Å². The van der Waals surface area contributed by atoms with Gasteiger partial charge in [-0.1, -0.05) is 35.9 Å². The van der Waals surface area contributed by atoms with Crippen molar-refractivity contribution in [3.05, 3.63) is 74.5 Å². The zero-order chi connectivity index (χ0) is 15.7. The summed E-state index contributed by atoms with van der Waals surface area (Å²) >= 11 is 6.12. The Morgan fingerprint density at radius 1 is 1.14 bits per heavy atom. The van der Waals surface area contributed by atoms with Crippen LogP contribution in [0.2, 0.25) is 5.02 Å². The van der Waals surface area contributed by atoms with Crippen LogP contribution >= 0.6 is 11.6 Å². The van der Waals surface area contributed by atoms with Crippen molar-refractivity contribution in [2.24, 2.45) is 0 Å². The molecule has 1 heterocycles. The lowest BCUT2D eigenvalue weighted by Crippen LogP contribution is -2.16. The van der Waals surface area contributed by atoms with Gasteiger partial charge in [-0.25, -0.2) is 0 Å². The van der Waals surface area contributed by atoms with Gasteiger partial charge in [0.25, 0.3) is 5.56 Å². The van der Waals surface area contributed by atoms with Crippen LogP contribution in [-0.4, -0.2) is 4.98 Å². The zero-order valence-electron chi connectivity index (χ0n) is 12.5. The van der Waals surface area contributed by atoms with Gasteiger partial charge < -0.3 is 10.3 Å². The van der Waals surface area contributed by atoms with Crippen LogP contribution in [0, 0.1) is 13.8 Å². The van der Waals surface area contributed by atoms with E-state index in [1.807, 2.05) is 50.2 Å². The molecule has 2 N–H and O–H groups in total. The van der Waals surface area contributed by atoms with E-state index in [2.05, 4.69) is 16.4 Å². The summed E-state index contributed by atoms with van der Waals surface area (Å²) in [7, 11) is 0. The number of anilines is 1.